The molecule has 98 valence electrons. The maximum atomic E-state index is 11.1. The summed E-state index contributed by atoms with van der Waals surface area (Å²) in [5.41, 5.74) is 1.48. The average Bonchev–Trinajstić information content (AvgIpc) is 2.42. The second-order valence-corrected chi connectivity index (χ2v) is 4.15. The van der Waals surface area contributed by atoms with Gasteiger partial charge in [-0.2, -0.15) is 0 Å². The number of carbonyl (C=O) groups is 1. The minimum atomic E-state index is -0.0695. The van der Waals surface area contributed by atoms with Gasteiger partial charge in [0.2, 0.25) is 0 Å². The maximum Gasteiger partial charge on any atom is 0.178 e. The van der Waals surface area contributed by atoms with Crippen LogP contribution in [0.4, 0.5) is 0 Å². The fourth-order valence-corrected chi connectivity index (χ4v) is 1.64. The third-order valence-corrected chi connectivity index (χ3v) is 2.66. The summed E-state index contributed by atoms with van der Waals surface area (Å²) in [6.07, 6.45) is 2.16. The first-order valence-electron chi connectivity index (χ1n) is 6.03. The number of ether oxygens (including phenoxy) is 1. The monoisotopic (exact) mass is 257 g/mol. The number of aromatic nitrogens is 1. The molecular weight excluding hydrogens is 242 g/mol. The minimum absolute atomic E-state index is 0.0695. The highest BCUT2D eigenvalue weighted by atomic mass is 16.5. The Labute approximate surface area is 111 Å². The number of rotatable bonds is 5. The van der Waals surface area contributed by atoms with Crippen molar-refractivity contribution in [1.82, 2.24) is 4.98 Å². The zero-order valence-electron chi connectivity index (χ0n) is 10.7. The lowest BCUT2D eigenvalue weighted by atomic mass is 10.1. The van der Waals surface area contributed by atoms with Crippen molar-refractivity contribution >= 4 is 5.78 Å². The quantitative estimate of drug-likeness (QED) is 0.836. The largest absolute Gasteiger partial charge is 0.456 e. The van der Waals surface area contributed by atoms with Gasteiger partial charge in [0, 0.05) is 13.5 Å². The molecular formula is C15H15NO3. The van der Waals surface area contributed by atoms with E-state index in [1.54, 1.807) is 12.1 Å². The number of carbonyl (C=O) groups excluding carboxylic acids is 1. The van der Waals surface area contributed by atoms with Crippen LogP contribution in [-0.2, 0) is 6.42 Å². The van der Waals surface area contributed by atoms with E-state index in [4.69, 9.17) is 9.84 Å². The van der Waals surface area contributed by atoms with E-state index in [9.17, 15) is 4.79 Å². The minimum Gasteiger partial charge on any atom is -0.456 e. The van der Waals surface area contributed by atoms with Gasteiger partial charge in [0.1, 0.15) is 17.2 Å². The van der Waals surface area contributed by atoms with Crippen molar-refractivity contribution in [2.24, 2.45) is 0 Å². The molecule has 1 heterocycles. The molecule has 2 rings (SSSR count). The van der Waals surface area contributed by atoms with Crippen molar-refractivity contribution in [3.05, 3.63) is 53.9 Å². The smallest absolute Gasteiger partial charge is 0.178 e. The first-order valence-corrected chi connectivity index (χ1v) is 6.03. The molecule has 4 nitrogen and oxygen atoms in total. The van der Waals surface area contributed by atoms with E-state index < -0.39 is 0 Å². The number of pyridine rings is 1. The van der Waals surface area contributed by atoms with E-state index in [1.807, 2.05) is 24.3 Å². The molecule has 1 aromatic heterocycles. The summed E-state index contributed by atoms with van der Waals surface area (Å²) in [6, 6.07) is 10.8. The predicted molar refractivity (Wildman–Crippen MR) is 71.5 cm³/mol. The highest BCUT2D eigenvalue weighted by Crippen LogP contribution is 2.21. The van der Waals surface area contributed by atoms with Crippen LogP contribution in [0.5, 0.6) is 11.5 Å². The van der Waals surface area contributed by atoms with Crippen LogP contribution >= 0.6 is 0 Å². The molecule has 4 heteroatoms. The Morgan fingerprint density at radius 3 is 2.37 bits per heavy atom. The first kappa shape index (κ1) is 13.2. The van der Waals surface area contributed by atoms with Gasteiger partial charge in [-0.15, -0.1) is 0 Å². The predicted octanol–water partition coefficient (Wildman–Crippen LogP) is 2.61. The van der Waals surface area contributed by atoms with Crippen LogP contribution < -0.4 is 4.74 Å². The lowest BCUT2D eigenvalue weighted by Crippen LogP contribution is -1.96. The highest BCUT2D eigenvalue weighted by Gasteiger charge is 2.02. The third-order valence-electron chi connectivity index (χ3n) is 2.66. The molecule has 0 bridgehead atoms. The van der Waals surface area contributed by atoms with Crippen LogP contribution in [0.2, 0.25) is 0 Å². The van der Waals surface area contributed by atoms with Gasteiger partial charge >= 0.3 is 0 Å². The molecule has 0 spiro atoms. The number of aliphatic hydroxyl groups is 1. The second-order valence-electron chi connectivity index (χ2n) is 4.15. The van der Waals surface area contributed by atoms with Crippen LogP contribution in [0, 0.1) is 0 Å². The van der Waals surface area contributed by atoms with Crippen LogP contribution in [0.1, 0.15) is 23.0 Å². The Kier molecular flexibility index (Phi) is 4.26. The molecule has 2 aromatic rings. The summed E-state index contributed by atoms with van der Waals surface area (Å²) in [4.78, 5) is 15.1. The van der Waals surface area contributed by atoms with E-state index in [-0.39, 0.29) is 12.4 Å². The normalized spacial score (nSPS) is 10.2. The number of aliphatic hydroxyl groups excluding tert-OH is 1. The van der Waals surface area contributed by atoms with Crippen molar-refractivity contribution < 1.29 is 14.6 Å². The van der Waals surface area contributed by atoms with E-state index in [0.717, 1.165) is 5.56 Å². The van der Waals surface area contributed by atoms with Crippen LogP contribution in [0.15, 0.2) is 42.6 Å². The molecule has 0 aliphatic rings. The molecule has 0 saturated carbocycles. The van der Waals surface area contributed by atoms with E-state index >= 15 is 0 Å². The maximum absolute atomic E-state index is 11.1. The molecule has 0 atom stereocenters. The van der Waals surface area contributed by atoms with Gasteiger partial charge in [0.05, 0.1) is 6.20 Å². The summed E-state index contributed by atoms with van der Waals surface area (Å²) in [5, 5.41) is 8.83. The van der Waals surface area contributed by atoms with Crippen molar-refractivity contribution in [2.45, 2.75) is 13.3 Å². The molecule has 0 unspecified atom stereocenters. The molecule has 0 aliphatic carbocycles. The second kappa shape index (κ2) is 6.11. The van der Waals surface area contributed by atoms with Crippen LogP contribution in [0.3, 0.4) is 0 Å². The van der Waals surface area contributed by atoms with Gasteiger partial charge in [-0.3, -0.25) is 4.79 Å². The van der Waals surface area contributed by atoms with E-state index in [2.05, 4.69) is 4.98 Å². The standard InChI is InChI=1S/C15H15NO3/c1-11(18)15-7-6-14(10-16-15)19-13-4-2-12(3-5-13)8-9-17/h2-7,10,17H,8-9H2,1H3. The lowest BCUT2D eigenvalue weighted by Gasteiger charge is -2.06. The molecule has 0 amide bonds. The Balaban J connectivity index is 2.06. The third kappa shape index (κ3) is 3.63. The van der Waals surface area contributed by atoms with Crippen LogP contribution in [0.25, 0.3) is 0 Å². The van der Waals surface area contributed by atoms with Crippen molar-refractivity contribution in [2.75, 3.05) is 6.61 Å². The molecule has 1 N–H and O–H groups in total. The van der Waals surface area contributed by atoms with Gasteiger partial charge in [0.15, 0.2) is 5.78 Å². The Hall–Kier alpha value is -2.20. The molecule has 0 radical (unpaired) electrons. The SMILES string of the molecule is CC(=O)c1ccc(Oc2ccc(CCO)cc2)cn1. The Morgan fingerprint density at radius 1 is 1.16 bits per heavy atom. The molecule has 1 aromatic carbocycles. The fourth-order valence-electron chi connectivity index (χ4n) is 1.64. The van der Waals surface area contributed by atoms with Gasteiger partial charge < -0.3 is 9.84 Å². The Morgan fingerprint density at radius 2 is 1.84 bits per heavy atom. The zero-order chi connectivity index (χ0) is 13.7. The number of ketones is 1. The highest BCUT2D eigenvalue weighted by molar-refractivity contribution is 5.92. The number of hydrogen-bond acceptors (Lipinski definition) is 4. The summed E-state index contributed by atoms with van der Waals surface area (Å²) < 4.78 is 5.61. The van der Waals surface area contributed by atoms with E-state index in [0.29, 0.717) is 23.6 Å². The van der Waals surface area contributed by atoms with Crippen LogP contribution in [-0.4, -0.2) is 22.5 Å². The summed E-state index contributed by atoms with van der Waals surface area (Å²) >= 11 is 0. The number of hydrogen-bond donors (Lipinski definition) is 1. The van der Waals surface area contributed by atoms with E-state index in [1.165, 1.54) is 13.1 Å². The lowest BCUT2D eigenvalue weighted by molar-refractivity contribution is 0.101. The number of nitrogens with zero attached hydrogens (tertiary/aromatic N) is 1. The summed E-state index contributed by atoms with van der Waals surface area (Å²) in [7, 11) is 0. The molecule has 0 aliphatic heterocycles. The van der Waals surface area contributed by atoms with Crippen molar-refractivity contribution in [1.29, 1.82) is 0 Å². The molecule has 19 heavy (non-hydrogen) atoms. The van der Waals surface area contributed by atoms with Gasteiger partial charge in [0.25, 0.3) is 0 Å². The Bertz CT molecular complexity index is 547. The summed E-state index contributed by atoms with van der Waals surface area (Å²) in [6.45, 7) is 1.61. The zero-order valence-corrected chi connectivity index (χ0v) is 10.7. The molecule has 0 fully saturated rings. The molecule has 0 saturated heterocycles. The fraction of sp³-hybridized carbons (Fsp3) is 0.200. The number of Topliss-reactive ketones (excluding diaryl/α,β-unsaturated/α-hetero) is 1. The topological polar surface area (TPSA) is 59.4 Å². The first-order chi connectivity index (χ1) is 9.19. The van der Waals surface area contributed by atoms with Crippen molar-refractivity contribution in [3.63, 3.8) is 0 Å². The van der Waals surface area contributed by atoms with Gasteiger partial charge in [-0.05, 0) is 36.2 Å². The average molecular weight is 257 g/mol. The van der Waals surface area contributed by atoms with Gasteiger partial charge in [-0.1, -0.05) is 12.1 Å². The van der Waals surface area contributed by atoms with Gasteiger partial charge in [-0.25, -0.2) is 4.98 Å². The number of benzene rings is 1. The summed E-state index contributed by atoms with van der Waals surface area (Å²) in [5.74, 6) is 1.21. The van der Waals surface area contributed by atoms with Crippen molar-refractivity contribution in [3.8, 4) is 11.5 Å².